The lowest BCUT2D eigenvalue weighted by molar-refractivity contribution is 0.425. The van der Waals surface area contributed by atoms with Crippen molar-refractivity contribution in [3.8, 4) is 10.6 Å². The number of hydrogen-bond acceptors (Lipinski definition) is 4. The second kappa shape index (κ2) is 5.47. The minimum absolute atomic E-state index is 0.126. The van der Waals surface area contributed by atoms with Crippen molar-refractivity contribution in [3.63, 3.8) is 0 Å². The van der Waals surface area contributed by atoms with Crippen molar-refractivity contribution in [1.29, 1.82) is 0 Å². The molecule has 0 unspecified atom stereocenters. The smallest absolute Gasteiger partial charge is 0.127 e. The minimum Gasteiger partial charge on any atom is -0.469 e. The first-order valence-corrected chi connectivity index (χ1v) is 7.50. The molecule has 2 heterocycles. The SMILES string of the molecule is CCc1nc(-c2ccoc2C)sc1CNC(C)(C)C. The lowest BCUT2D eigenvalue weighted by atomic mass is 10.1. The van der Waals surface area contributed by atoms with Gasteiger partial charge in [-0.1, -0.05) is 6.92 Å². The average molecular weight is 278 g/mol. The van der Waals surface area contributed by atoms with E-state index in [-0.39, 0.29) is 5.54 Å². The third-order valence-corrected chi connectivity index (χ3v) is 4.11. The Morgan fingerprint density at radius 3 is 2.63 bits per heavy atom. The van der Waals surface area contributed by atoms with Gasteiger partial charge in [0.15, 0.2) is 0 Å². The molecule has 19 heavy (non-hydrogen) atoms. The normalized spacial score (nSPS) is 12.1. The Hall–Kier alpha value is -1.13. The van der Waals surface area contributed by atoms with E-state index >= 15 is 0 Å². The summed E-state index contributed by atoms with van der Waals surface area (Å²) in [5.74, 6) is 0.937. The standard InChI is InChI=1S/C15H22N2OS/c1-6-12-13(9-16-15(3,4)5)19-14(17-12)11-7-8-18-10(11)2/h7-8,16H,6,9H2,1-5H3. The Bertz CT molecular complexity index is 549. The number of rotatable bonds is 4. The van der Waals surface area contributed by atoms with Gasteiger partial charge >= 0.3 is 0 Å². The quantitative estimate of drug-likeness (QED) is 0.912. The number of nitrogens with one attached hydrogen (secondary N) is 1. The largest absolute Gasteiger partial charge is 0.469 e. The highest BCUT2D eigenvalue weighted by atomic mass is 32.1. The molecule has 0 atom stereocenters. The predicted octanol–water partition coefficient (Wildman–Crippen LogP) is 4.16. The molecule has 0 aromatic carbocycles. The van der Waals surface area contributed by atoms with Crippen molar-refractivity contribution in [3.05, 3.63) is 28.7 Å². The molecule has 0 saturated carbocycles. The Morgan fingerprint density at radius 2 is 2.11 bits per heavy atom. The number of thiazole rings is 1. The zero-order valence-electron chi connectivity index (χ0n) is 12.3. The maximum atomic E-state index is 5.37. The molecule has 0 amide bonds. The topological polar surface area (TPSA) is 38.1 Å². The van der Waals surface area contributed by atoms with Crippen LogP contribution in [-0.2, 0) is 13.0 Å². The molecule has 0 aliphatic rings. The fraction of sp³-hybridized carbons (Fsp3) is 0.533. The summed E-state index contributed by atoms with van der Waals surface area (Å²) in [5, 5.41) is 4.60. The lowest BCUT2D eigenvalue weighted by Gasteiger charge is -2.20. The molecule has 0 aliphatic carbocycles. The highest BCUT2D eigenvalue weighted by Crippen LogP contribution is 2.31. The van der Waals surface area contributed by atoms with E-state index in [1.54, 1.807) is 17.6 Å². The van der Waals surface area contributed by atoms with Gasteiger partial charge in [-0.25, -0.2) is 4.98 Å². The molecule has 0 aliphatic heterocycles. The number of hydrogen-bond donors (Lipinski definition) is 1. The van der Waals surface area contributed by atoms with E-state index < -0.39 is 0 Å². The van der Waals surface area contributed by atoms with Crippen LogP contribution in [0.5, 0.6) is 0 Å². The van der Waals surface area contributed by atoms with E-state index in [0.717, 1.165) is 29.3 Å². The molecule has 4 heteroatoms. The van der Waals surface area contributed by atoms with Gasteiger partial charge < -0.3 is 9.73 Å². The zero-order chi connectivity index (χ0) is 14.0. The van der Waals surface area contributed by atoms with Crippen LogP contribution in [0.2, 0.25) is 0 Å². The molecule has 104 valence electrons. The number of aromatic nitrogens is 1. The lowest BCUT2D eigenvalue weighted by Crippen LogP contribution is -2.35. The third-order valence-electron chi connectivity index (χ3n) is 2.98. The summed E-state index contributed by atoms with van der Waals surface area (Å²) in [4.78, 5) is 6.08. The monoisotopic (exact) mass is 278 g/mol. The van der Waals surface area contributed by atoms with Crippen LogP contribution in [0.25, 0.3) is 10.6 Å². The van der Waals surface area contributed by atoms with Crippen molar-refractivity contribution in [2.24, 2.45) is 0 Å². The van der Waals surface area contributed by atoms with Crippen LogP contribution in [0.1, 0.15) is 44.0 Å². The summed E-state index contributed by atoms with van der Waals surface area (Å²) in [5.41, 5.74) is 2.43. The zero-order valence-corrected chi connectivity index (χ0v) is 13.1. The molecule has 2 rings (SSSR count). The first-order chi connectivity index (χ1) is 8.90. The van der Waals surface area contributed by atoms with E-state index in [1.165, 1.54) is 10.6 Å². The molecule has 1 N–H and O–H groups in total. The summed E-state index contributed by atoms with van der Waals surface area (Å²) < 4.78 is 5.37. The fourth-order valence-electron chi connectivity index (χ4n) is 1.87. The van der Waals surface area contributed by atoms with Crippen LogP contribution in [0.15, 0.2) is 16.7 Å². The van der Waals surface area contributed by atoms with Crippen LogP contribution in [0.3, 0.4) is 0 Å². The van der Waals surface area contributed by atoms with Crippen molar-refractivity contribution < 1.29 is 4.42 Å². The van der Waals surface area contributed by atoms with Gasteiger partial charge in [0, 0.05) is 17.0 Å². The molecule has 0 radical (unpaired) electrons. The van der Waals surface area contributed by atoms with Crippen molar-refractivity contribution in [1.82, 2.24) is 10.3 Å². The Labute approximate surface area is 119 Å². The van der Waals surface area contributed by atoms with Crippen LogP contribution in [0.4, 0.5) is 0 Å². The van der Waals surface area contributed by atoms with E-state index in [0.29, 0.717) is 0 Å². The Balaban J connectivity index is 2.25. The second-order valence-electron chi connectivity index (χ2n) is 5.74. The highest BCUT2D eigenvalue weighted by Gasteiger charge is 2.16. The molecule has 2 aromatic rings. The highest BCUT2D eigenvalue weighted by molar-refractivity contribution is 7.15. The van der Waals surface area contributed by atoms with E-state index in [4.69, 9.17) is 9.40 Å². The Kier molecular flexibility index (Phi) is 4.11. The van der Waals surface area contributed by atoms with Gasteiger partial charge in [0.25, 0.3) is 0 Å². The van der Waals surface area contributed by atoms with Crippen LogP contribution in [-0.4, -0.2) is 10.5 Å². The van der Waals surface area contributed by atoms with Crippen molar-refractivity contribution >= 4 is 11.3 Å². The third kappa shape index (κ3) is 3.45. The van der Waals surface area contributed by atoms with Crippen molar-refractivity contribution in [2.45, 2.75) is 53.1 Å². The molecule has 2 aromatic heterocycles. The number of aryl methyl sites for hydroxylation is 2. The fourth-order valence-corrected chi connectivity index (χ4v) is 3.03. The molecular formula is C15H22N2OS. The second-order valence-corrected chi connectivity index (χ2v) is 6.82. The first-order valence-electron chi connectivity index (χ1n) is 6.69. The predicted molar refractivity (Wildman–Crippen MR) is 80.5 cm³/mol. The minimum atomic E-state index is 0.126. The molecular weight excluding hydrogens is 256 g/mol. The average Bonchev–Trinajstić information content (AvgIpc) is 2.90. The van der Waals surface area contributed by atoms with Crippen LogP contribution in [0, 0.1) is 6.92 Å². The van der Waals surface area contributed by atoms with Crippen molar-refractivity contribution in [2.75, 3.05) is 0 Å². The van der Waals surface area contributed by atoms with Gasteiger partial charge in [-0.05, 0) is 40.2 Å². The molecule has 0 saturated heterocycles. The molecule has 0 fully saturated rings. The summed E-state index contributed by atoms with van der Waals surface area (Å²) >= 11 is 1.76. The van der Waals surface area contributed by atoms with E-state index in [9.17, 15) is 0 Å². The van der Waals surface area contributed by atoms with Crippen LogP contribution >= 0.6 is 11.3 Å². The maximum Gasteiger partial charge on any atom is 0.127 e. The molecule has 0 bridgehead atoms. The number of nitrogens with zero attached hydrogens (tertiary/aromatic N) is 1. The summed E-state index contributed by atoms with van der Waals surface area (Å²) in [6.45, 7) is 11.6. The van der Waals surface area contributed by atoms with Gasteiger partial charge in [-0.3, -0.25) is 0 Å². The van der Waals surface area contributed by atoms with Gasteiger partial charge in [0.1, 0.15) is 10.8 Å². The summed E-state index contributed by atoms with van der Waals surface area (Å²) in [7, 11) is 0. The van der Waals surface area contributed by atoms with Crippen LogP contribution < -0.4 is 5.32 Å². The summed E-state index contributed by atoms with van der Waals surface area (Å²) in [6.07, 6.45) is 2.69. The first kappa shape index (κ1) is 14.3. The van der Waals surface area contributed by atoms with E-state index in [1.807, 2.05) is 13.0 Å². The summed E-state index contributed by atoms with van der Waals surface area (Å²) in [6, 6.07) is 1.99. The number of furan rings is 1. The van der Waals surface area contributed by atoms with E-state index in [2.05, 4.69) is 33.0 Å². The molecule has 0 spiro atoms. The van der Waals surface area contributed by atoms with Gasteiger partial charge in [-0.2, -0.15) is 0 Å². The molecule has 3 nitrogen and oxygen atoms in total. The van der Waals surface area contributed by atoms with Gasteiger partial charge in [0.05, 0.1) is 17.5 Å². The maximum absolute atomic E-state index is 5.37. The van der Waals surface area contributed by atoms with Gasteiger partial charge in [0.2, 0.25) is 0 Å². The Morgan fingerprint density at radius 1 is 1.37 bits per heavy atom. The van der Waals surface area contributed by atoms with Gasteiger partial charge in [-0.15, -0.1) is 11.3 Å².